The number of rotatable bonds is 2. The van der Waals surface area contributed by atoms with Crippen molar-refractivity contribution in [2.45, 2.75) is 31.8 Å². The van der Waals surface area contributed by atoms with Gasteiger partial charge >= 0.3 is 0 Å². The molecule has 72 valence electrons. The summed E-state index contributed by atoms with van der Waals surface area (Å²) in [6.07, 6.45) is 1.41. The summed E-state index contributed by atoms with van der Waals surface area (Å²) in [5, 5.41) is 0. The molecule has 1 heterocycles. The molecule has 0 aromatic carbocycles. The molecule has 2 atom stereocenters. The van der Waals surface area contributed by atoms with Crippen LogP contribution in [0, 0.1) is 11.8 Å². The first-order chi connectivity index (χ1) is 5.68. The van der Waals surface area contributed by atoms with Crippen molar-refractivity contribution in [1.82, 2.24) is 0 Å². The fourth-order valence-corrected chi connectivity index (χ4v) is 5.89. The lowest BCUT2D eigenvalue weighted by Crippen LogP contribution is -2.09. The minimum Gasteiger partial charge on any atom is -0.147 e. The van der Waals surface area contributed by atoms with E-state index in [2.05, 4.69) is 43.3 Å². The standard InChI is InChI=1S/C9H18S3/c1-7(2)4-9-5-10-8(3)12-11-6-9/h7-9H,4-6H2,1-3H3. The molecule has 0 radical (unpaired) electrons. The van der Waals surface area contributed by atoms with Gasteiger partial charge in [0.1, 0.15) is 0 Å². The molecule has 1 fully saturated rings. The largest absolute Gasteiger partial charge is 0.147 e. The molecule has 0 amide bonds. The maximum atomic E-state index is 2.33. The van der Waals surface area contributed by atoms with Crippen LogP contribution in [0.25, 0.3) is 0 Å². The highest BCUT2D eigenvalue weighted by atomic mass is 33.1. The lowest BCUT2D eigenvalue weighted by Gasteiger charge is -2.14. The summed E-state index contributed by atoms with van der Waals surface area (Å²) in [5.74, 6) is 4.56. The Morgan fingerprint density at radius 1 is 1.33 bits per heavy atom. The van der Waals surface area contributed by atoms with Gasteiger partial charge in [0, 0.05) is 5.75 Å². The predicted molar refractivity (Wildman–Crippen MR) is 64.9 cm³/mol. The second-order valence-electron chi connectivity index (χ2n) is 3.78. The highest BCUT2D eigenvalue weighted by molar-refractivity contribution is 8.78. The van der Waals surface area contributed by atoms with Crippen LogP contribution in [-0.4, -0.2) is 16.1 Å². The van der Waals surface area contributed by atoms with Crippen LogP contribution in [0.1, 0.15) is 27.2 Å². The Morgan fingerprint density at radius 2 is 2.08 bits per heavy atom. The minimum atomic E-state index is 0.798. The zero-order valence-electron chi connectivity index (χ0n) is 8.08. The molecule has 0 saturated carbocycles. The average Bonchev–Trinajstić information content (AvgIpc) is 2.15. The van der Waals surface area contributed by atoms with Gasteiger partial charge in [-0.2, -0.15) is 0 Å². The van der Waals surface area contributed by atoms with Crippen LogP contribution in [0.3, 0.4) is 0 Å². The van der Waals surface area contributed by atoms with E-state index in [1.807, 2.05) is 10.8 Å². The molecule has 0 spiro atoms. The SMILES string of the molecule is CC(C)CC1CSSC(C)SC1. The lowest BCUT2D eigenvalue weighted by molar-refractivity contribution is 0.481. The van der Waals surface area contributed by atoms with E-state index >= 15 is 0 Å². The number of hydrogen-bond acceptors (Lipinski definition) is 3. The molecular formula is C9H18S3. The van der Waals surface area contributed by atoms with E-state index in [-0.39, 0.29) is 0 Å². The van der Waals surface area contributed by atoms with Gasteiger partial charge in [-0.3, -0.25) is 0 Å². The van der Waals surface area contributed by atoms with Crippen LogP contribution >= 0.6 is 33.3 Å². The molecule has 1 aliphatic heterocycles. The Morgan fingerprint density at radius 3 is 2.75 bits per heavy atom. The zero-order valence-corrected chi connectivity index (χ0v) is 10.5. The van der Waals surface area contributed by atoms with E-state index < -0.39 is 0 Å². The van der Waals surface area contributed by atoms with Crippen molar-refractivity contribution in [2.75, 3.05) is 11.5 Å². The Labute approximate surface area is 88.4 Å². The van der Waals surface area contributed by atoms with Gasteiger partial charge in [0.25, 0.3) is 0 Å². The van der Waals surface area contributed by atoms with Gasteiger partial charge in [0.05, 0.1) is 4.58 Å². The molecule has 1 saturated heterocycles. The maximum Gasteiger partial charge on any atom is 0.0578 e. The number of thioether (sulfide) groups is 1. The highest BCUT2D eigenvalue weighted by Gasteiger charge is 2.17. The summed E-state index contributed by atoms with van der Waals surface area (Å²) in [6, 6.07) is 0. The first kappa shape index (κ1) is 11.1. The molecule has 0 aromatic rings. The van der Waals surface area contributed by atoms with Crippen LogP contribution in [0.4, 0.5) is 0 Å². The molecule has 0 aromatic heterocycles. The van der Waals surface area contributed by atoms with Crippen molar-refractivity contribution in [3.05, 3.63) is 0 Å². The van der Waals surface area contributed by atoms with Crippen LogP contribution in [-0.2, 0) is 0 Å². The van der Waals surface area contributed by atoms with Crippen LogP contribution in [0.5, 0.6) is 0 Å². The fourth-order valence-electron chi connectivity index (χ4n) is 1.38. The Hall–Kier alpha value is 1.05. The third-order valence-electron chi connectivity index (χ3n) is 1.88. The third-order valence-corrected chi connectivity index (χ3v) is 6.77. The van der Waals surface area contributed by atoms with Crippen molar-refractivity contribution in [2.24, 2.45) is 11.8 Å². The molecule has 3 heteroatoms. The first-order valence-corrected chi connectivity index (χ1v) is 8.01. The average molecular weight is 222 g/mol. The molecule has 1 aliphatic rings. The van der Waals surface area contributed by atoms with Gasteiger partial charge in [-0.15, -0.1) is 11.8 Å². The molecule has 0 bridgehead atoms. The smallest absolute Gasteiger partial charge is 0.0578 e. The normalized spacial score (nSPS) is 32.0. The van der Waals surface area contributed by atoms with Gasteiger partial charge < -0.3 is 0 Å². The highest BCUT2D eigenvalue weighted by Crippen LogP contribution is 2.40. The van der Waals surface area contributed by atoms with E-state index in [1.54, 1.807) is 0 Å². The predicted octanol–water partition coefficient (Wildman–Crippen LogP) is 4.12. The summed E-state index contributed by atoms with van der Waals surface area (Å²) in [7, 11) is 4.12. The second-order valence-corrected chi connectivity index (χ2v) is 8.20. The molecule has 0 N–H and O–H groups in total. The van der Waals surface area contributed by atoms with Crippen LogP contribution in [0.2, 0.25) is 0 Å². The Balaban J connectivity index is 2.26. The molecule has 1 rings (SSSR count). The summed E-state index contributed by atoms with van der Waals surface area (Å²) in [4.78, 5) is 0. The molecule has 12 heavy (non-hydrogen) atoms. The summed E-state index contributed by atoms with van der Waals surface area (Å²) in [5.41, 5.74) is 0. The molecule has 0 nitrogen and oxygen atoms in total. The fraction of sp³-hybridized carbons (Fsp3) is 1.00. The summed E-state index contributed by atoms with van der Waals surface area (Å²) in [6.45, 7) is 6.98. The summed E-state index contributed by atoms with van der Waals surface area (Å²) < 4.78 is 0.798. The van der Waals surface area contributed by atoms with Gasteiger partial charge in [0.2, 0.25) is 0 Å². The molecule has 2 unspecified atom stereocenters. The quantitative estimate of drug-likeness (QED) is 0.645. The van der Waals surface area contributed by atoms with Gasteiger partial charge in [-0.05, 0) is 30.9 Å². The van der Waals surface area contributed by atoms with Gasteiger partial charge in [0.15, 0.2) is 0 Å². The Kier molecular flexibility index (Phi) is 5.30. The van der Waals surface area contributed by atoms with E-state index in [9.17, 15) is 0 Å². The molecule has 0 aliphatic carbocycles. The van der Waals surface area contributed by atoms with E-state index in [0.29, 0.717) is 0 Å². The Bertz CT molecular complexity index is 125. The van der Waals surface area contributed by atoms with E-state index in [1.165, 1.54) is 17.9 Å². The van der Waals surface area contributed by atoms with E-state index in [4.69, 9.17) is 0 Å². The van der Waals surface area contributed by atoms with Crippen molar-refractivity contribution < 1.29 is 0 Å². The maximum absolute atomic E-state index is 2.33. The summed E-state index contributed by atoms with van der Waals surface area (Å²) >= 11 is 2.13. The topological polar surface area (TPSA) is 0 Å². The van der Waals surface area contributed by atoms with E-state index in [0.717, 1.165) is 16.4 Å². The lowest BCUT2D eigenvalue weighted by atomic mass is 10.0. The van der Waals surface area contributed by atoms with Crippen molar-refractivity contribution in [1.29, 1.82) is 0 Å². The number of hydrogen-bond donors (Lipinski definition) is 0. The second kappa shape index (κ2) is 5.71. The third kappa shape index (κ3) is 4.33. The van der Waals surface area contributed by atoms with Gasteiger partial charge in [-0.25, -0.2) is 0 Å². The van der Waals surface area contributed by atoms with Crippen molar-refractivity contribution in [3.8, 4) is 0 Å². The van der Waals surface area contributed by atoms with Gasteiger partial charge in [-0.1, -0.05) is 35.4 Å². The van der Waals surface area contributed by atoms with Crippen LogP contribution in [0.15, 0.2) is 0 Å². The minimum absolute atomic E-state index is 0.798. The van der Waals surface area contributed by atoms with Crippen LogP contribution < -0.4 is 0 Å². The molecular weight excluding hydrogens is 204 g/mol. The van der Waals surface area contributed by atoms with Crippen molar-refractivity contribution in [3.63, 3.8) is 0 Å². The first-order valence-electron chi connectivity index (χ1n) is 4.58. The monoisotopic (exact) mass is 222 g/mol. The zero-order chi connectivity index (χ0) is 8.97. The van der Waals surface area contributed by atoms with Crippen molar-refractivity contribution >= 4 is 33.3 Å².